The molecular formula is C19H15ClN6O3S. The summed E-state index contributed by atoms with van der Waals surface area (Å²) in [6.07, 6.45) is 4.01. The molecule has 9 nitrogen and oxygen atoms in total. The Balaban J connectivity index is 1.80. The maximum Gasteiger partial charge on any atom is 0.261 e. The lowest BCUT2D eigenvalue weighted by Crippen LogP contribution is -2.18. The first-order chi connectivity index (χ1) is 14.7. The molecule has 4 rings (SSSR count). The molecule has 0 bridgehead atoms. The van der Waals surface area contributed by atoms with E-state index in [2.05, 4.69) is 29.6 Å². The number of carbonyl (C=O) groups is 1. The van der Waals surface area contributed by atoms with E-state index < -0.39 is 15.8 Å². The number of aromatic amines is 1. The van der Waals surface area contributed by atoms with E-state index in [0.717, 1.165) is 0 Å². The predicted molar refractivity (Wildman–Crippen MR) is 111 cm³/mol. The van der Waals surface area contributed by atoms with Gasteiger partial charge in [0.05, 0.1) is 18.3 Å². The molecule has 152 valence electrons. The fraction of sp³-hybridized carbons (Fsp3) is 0.105. The third-order valence-electron chi connectivity index (χ3n) is 4.28. The fourth-order valence-corrected chi connectivity index (χ4v) is 4.00. The van der Waals surface area contributed by atoms with E-state index in [1.165, 1.54) is 37.1 Å². The Morgan fingerprint density at radius 3 is 2.77 bits per heavy atom. The van der Waals surface area contributed by atoms with E-state index in [9.17, 15) is 13.2 Å². The number of carbonyl (C=O) groups excluding carboxylic acids is 1. The fourth-order valence-electron chi connectivity index (χ4n) is 2.79. The second-order valence-corrected chi connectivity index (χ2v) is 8.55. The number of rotatable bonds is 5. The van der Waals surface area contributed by atoms with E-state index in [1.54, 1.807) is 13.8 Å². The van der Waals surface area contributed by atoms with Crippen molar-refractivity contribution in [3.05, 3.63) is 70.6 Å². The Morgan fingerprint density at radius 2 is 1.97 bits per heavy atom. The van der Waals surface area contributed by atoms with Crippen LogP contribution in [0.1, 0.15) is 28.7 Å². The van der Waals surface area contributed by atoms with E-state index in [1.807, 2.05) is 0 Å². The lowest BCUT2D eigenvalue weighted by Gasteiger charge is -2.13. The second kappa shape index (κ2) is 7.47. The van der Waals surface area contributed by atoms with Crippen LogP contribution in [0.5, 0.6) is 0 Å². The van der Waals surface area contributed by atoms with Gasteiger partial charge >= 0.3 is 0 Å². The first kappa shape index (κ1) is 18.6. The molecule has 4 aromatic rings. The maximum atomic E-state index is 13.2. The molecule has 0 saturated heterocycles. The predicted octanol–water partition coefficient (Wildman–Crippen LogP) is 3.05. The number of fused-ring (bicyclic) bond motifs is 1. The average Bonchev–Trinajstić information content (AvgIpc) is 3.19. The van der Waals surface area contributed by atoms with E-state index >= 15 is 0 Å². The van der Waals surface area contributed by atoms with Gasteiger partial charge < -0.3 is 4.98 Å². The summed E-state index contributed by atoms with van der Waals surface area (Å²) in [5, 5.41) is 0.282. The topological polar surface area (TPSA) is 131 Å². The summed E-state index contributed by atoms with van der Waals surface area (Å²) in [5.74, 6) is -0.618. The molecule has 0 aliphatic carbocycles. The smallest absolute Gasteiger partial charge is 0.261 e. The summed E-state index contributed by atoms with van der Waals surface area (Å²) < 4.78 is 36.4. The summed E-state index contributed by atoms with van der Waals surface area (Å²) in [5.41, 5.74) is 1.54. The van der Waals surface area contributed by atoms with Crippen molar-refractivity contribution in [3.63, 3.8) is 0 Å². The Kier molecular flexibility index (Phi) is 4.64. The minimum Gasteiger partial charge on any atom is -0.341 e. The van der Waals surface area contributed by atoms with Crippen molar-refractivity contribution in [2.75, 3.05) is 4.72 Å². The molecule has 0 fully saturated rings. The van der Waals surface area contributed by atoms with Crippen LogP contribution < -0.4 is 4.72 Å². The Morgan fingerprint density at radius 1 is 1.17 bits per heavy atom. The summed E-state index contributed by atoms with van der Waals surface area (Å²) in [7, 11) is -4.21. The van der Waals surface area contributed by atoms with Gasteiger partial charge in [-0.15, -0.1) is 0 Å². The highest BCUT2D eigenvalue weighted by Gasteiger charge is 2.24. The minimum atomic E-state index is -4.21. The monoisotopic (exact) mass is 443 g/mol. The summed E-state index contributed by atoms with van der Waals surface area (Å²) in [4.78, 5) is 31.8. The van der Waals surface area contributed by atoms with Crippen LogP contribution in [0.3, 0.4) is 0 Å². The standard InChI is InChI=1S/C19H15ClN6O3S/c1-10-5-14(26-30(28,29)12-3-4-13(20)11(2)6-12)15(21-7-10)18(27)16-17-19(24-8-22-16)25-9-23-17/h3-9,26H,1-2H3,(H,22,23,24,25)/i3D. The number of halogens is 1. The number of sulfonamides is 1. The summed E-state index contributed by atoms with van der Waals surface area (Å²) in [6.45, 7) is 3.34. The van der Waals surface area contributed by atoms with Gasteiger partial charge in [-0.1, -0.05) is 11.6 Å². The quantitative estimate of drug-likeness (QED) is 0.453. The van der Waals surface area contributed by atoms with Crippen molar-refractivity contribution in [1.29, 1.82) is 0 Å². The van der Waals surface area contributed by atoms with Gasteiger partial charge in [0.25, 0.3) is 10.0 Å². The minimum absolute atomic E-state index is 0.00261. The highest BCUT2D eigenvalue weighted by atomic mass is 35.5. The summed E-state index contributed by atoms with van der Waals surface area (Å²) >= 11 is 5.98. The van der Waals surface area contributed by atoms with E-state index in [0.29, 0.717) is 22.3 Å². The molecule has 0 amide bonds. The lowest BCUT2D eigenvalue weighted by molar-refractivity contribution is 0.103. The molecule has 2 N–H and O–H groups in total. The maximum absolute atomic E-state index is 13.2. The number of hydrogen-bond donors (Lipinski definition) is 2. The molecular weight excluding hydrogens is 428 g/mol. The lowest BCUT2D eigenvalue weighted by atomic mass is 10.1. The molecule has 3 heterocycles. The Hall–Kier alpha value is -3.37. The van der Waals surface area contributed by atoms with Crippen LogP contribution in [0.15, 0.2) is 48.0 Å². The number of hydrogen-bond acceptors (Lipinski definition) is 7. The number of H-pyrrole nitrogens is 1. The van der Waals surface area contributed by atoms with Crippen LogP contribution in [0, 0.1) is 13.8 Å². The normalized spacial score (nSPS) is 12.0. The molecule has 1 aromatic carbocycles. The van der Waals surface area contributed by atoms with Gasteiger partial charge in [-0.3, -0.25) is 14.5 Å². The number of benzene rings is 1. The summed E-state index contributed by atoms with van der Waals surface area (Å²) in [6, 6.07) is 3.76. The molecule has 0 atom stereocenters. The Labute approximate surface area is 178 Å². The van der Waals surface area contributed by atoms with Crippen LogP contribution in [-0.4, -0.2) is 39.1 Å². The van der Waals surface area contributed by atoms with Crippen molar-refractivity contribution >= 4 is 44.3 Å². The average molecular weight is 444 g/mol. The van der Waals surface area contributed by atoms with Crippen molar-refractivity contribution in [2.24, 2.45) is 0 Å². The molecule has 0 unspecified atom stereocenters. The second-order valence-electron chi connectivity index (χ2n) is 6.50. The van der Waals surface area contributed by atoms with Crippen LogP contribution in [0.2, 0.25) is 5.02 Å². The number of nitrogens with zero attached hydrogens (tertiary/aromatic N) is 4. The number of aromatic nitrogens is 5. The number of anilines is 1. The van der Waals surface area contributed by atoms with Crippen molar-refractivity contribution in [1.82, 2.24) is 24.9 Å². The van der Waals surface area contributed by atoms with Crippen molar-refractivity contribution < 1.29 is 14.6 Å². The SMILES string of the molecule is [2H]c1cc(Cl)c(C)cc1S(=O)(=O)Nc1cc(C)cnc1C(=O)c1ncnc2nc[nH]c12. The molecule has 0 spiro atoms. The number of pyridine rings is 1. The molecule has 0 aliphatic rings. The number of aryl methyl sites for hydroxylation is 2. The van der Waals surface area contributed by atoms with Gasteiger partial charge in [-0.25, -0.2) is 23.4 Å². The number of nitrogens with one attached hydrogen (secondary N) is 2. The molecule has 11 heteroatoms. The van der Waals surface area contributed by atoms with E-state index in [4.69, 9.17) is 13.0 Å². The largest absolute Gasteiger partial charge is 0.341 e. The highest BCUT2D eigenvalue weighted by Crippen LogP contribution is 2.25. The van der Waals surface area contributed by atoms with Crippen LogP contribution in [-0.2, 0) is 10.0 Å². The first-order valence-electron chi connectivity index (χ1n) is 9.12. The first-order valence-corrected chi connectivity index (χ1v) is 10.5. The molecule has 3 aromatic heterocycles. The van der Waals surface area contributed by atoms with Gasteiger partial charge in [-0.05, 0) is 49.2 Å². The van der Waals surface area contributed by atoms with Gasteiger partial charge in [0, 0.05) is 11.2 Å². The molecule has 0 saturated carbocycles. The third kappa shape index (κ3) is 3.62. The van der Waals surface area contributed by atoms with Gasteiger partial charge in [0.1, 0.15) is 23.2 Å². The van der Waals surface area contributed by atoms with Crippen molar-refractivity contribution in [3.8, 4) is 0 Å². The zero-order valence-electron chi connectivity index (χ0n) is 16.8. The third-order valence-corrected chi connectivity index (χ3v) is 5.99. The van der Waals surface area contributed by atoms with Crippen LogP contribution in [0.4, 0.5) is 5.69 Å². The Bertz CT molecular complexity index is 1450. The van der Waals surface area contributed by atoms with Gasteiger partial charge in [0.2, 0.25) is 5.78 Å². The zero-order valence-corrected chi connectivity index (χ0v) is 17.3. The number of imidazole rings is 1. The molecule has 0 aliphatic heterocycles. The molecule has 0 radical (unpaired) electrons. The van der Waals surface area contributed by atoms with Gasteiger partial charge in [0.15, 0.2) is 5.65 Å². The number of ketones is 1. The van der Waals surface area contributed by atoms with Gasteiger partial charge in [-0.2, -0.15) is 0 Å². The molecule has 30 heavy (non-hydrogen) atoms. The zero-order chi connectivity index (χ0) is 22.3. The van der Waals surface area contributed by atoms with Crippen LogP contribution in [0.25, 0.3) is 11.2 Å². The van der Waals surface area contributed by atoms with Crippen molar-refractivity contribution in [2.45, 2.75) is 18.7 Å². The van der Waals surface area contributed by atoms with E-state index in [-0.39, 0.29) is 33.0 Å². The highest BCUT2D eigenvalue weighted by molar-refractivity contribution is 7.92. The van der Waals surface area contributed by atoms with Crippen LogP contribution >= 0.6 is 11.6 Å².